The molecule has 0 fully saturated rings. The summed E-state index contributed by atoms with van der Waals surface area (Å²) in [4.78, 5) is 21.0. The first-order valence-corrected chi connectivity index (χ1v) is 10.7. The Hall–Kier alpha value is -4.18. The molecule has 2 aromatic carbocycles. The Bertz CT molecular complexity index is 1280. The maximum absolute atomic E-state index is 14.2. The molecule has 0 aliphatic heterocycles. The van der Waals surface area contributed by atoms with Gasteiger partial charge >= 0.3 is 0 Å². The van der Waals surface area contributed by atoms with Crippen molar-refractivity contribution in [2.75, 3.05) is 5.32 Å². The van der Waals surface area contributed by atoms with Gasteiger partial charge in [-0.3, -0.25) is 4.79 Å². The van der Waals surface area contributed by atoms with Crippen LogP contribution in [0, 0.1) is 5.82 Å². The van der Waals surface area contributed by atoms with Gasteiger partial charge in [0.15, 0.2) is 11.6 Å². The Morgan fingerprint density at radius 3 is 2.71 bits per heavy atom. The standard InChI is InChI=1S/C24H24FN7O2/c1-15(33)22(18-8-3-4-9-19(18)25)29-24(34)16-6-5-7-17(12-16)27-13-21-30-31-23(32(21)2)20-10-11-26-14-28-20/h3-12,14-15,22,27,33H,13H2,1-2H3,(H,29,34). The first-order chi connectivity index (χ1) is 16.4. The zero-order valence-corrected chi connectivity index (χ0v) is 18.7. The minimum absolute atomic E-state index is 0.224. The molecular formula is C24H24FN7O2. The number of benzene rings is 2. The van der Waals surface area contributed by atoms with E-state index in [1.807, 2.05) is 17.7 Å². The molecule has 0 saturated carbocycles. The lowest BCUT2D eigenvalue weighted by Gasteiger charge is -2.22. The summed E-state index contributed by atoms with van der Waals surface area (Å²) in [6.45, 7) is 1.87. The van der Waals surface area contributed by atoms with Crippen LogP contribution in [0.2, 0.25) is 0 Å². The molecule has 4 rings (SSSR count). The smallest absolute Gasteiger partial charge is 0.251 e. The first kappa shape index (κ1) is 23.0. The molecule has 0 aliphatic carbocycles. The zero-order valence-electron chi connectivity index (χ0n) is 18.7. The Labute approximate surface area is 195 Å². The molecule has 2 heterocycles. The minimum Gasteiger partial charge on any atom is -0.391 e. The number of anilines is 1. The highest BCUT2D eigenvalue weighted by Gasteiger charge is 2.23. The average molecular weight is 462 g/mol. The van der Waals surface area contributed by atoms with Gasteiger partial charge in [0.2, 0.25) is 0 Å². The Balaban J connectivity index is 1.45. The van der Waals surface area contributed by atoms with Gasteiger partial charge in [0, 0.05) is 30.1 Å². The van der Waals surface area contributed by atoms with E-state index in [4.69, 9.17) is 0 Å². The molecule has 1 amide bonds. The van der Waals surface area contributed by atoms with Crippen LogP contribution in [0.5, 0.6) is 0 Å². The normalized spacial score (nSPS) is 12.7. The van der Waals surface area contributed by atoms with Gasteiger partial charge < -0.3 is 20.3 Å². The van der Waals surface area contributed by atoms with Crippen molar-refractivity contribution in [1.29, 1.82) is 0 Å². The van der Waals surface area contributed by atoms with Crippen molar-refractivity contribution in [3.8, 4) is 11.5 Å². The predicted octanol–water partition coefficient (Wildman–Crippen LogP) is 2.88. The summed E-state index contributed by atoms with van der Waals surface area (Å²) in [5, 5.41) is 24.5. The van der Waals surface area contributed by atoms with Crippen molar-refractivity contribution >= 4 is 11.6 Å². The number of aliphatic hydroxyl groups is 1. The van der Waals surface area contributed by atoms with E-state index in [-0.39, 0.29) is 5.56 Å². The Morgan fingerprint density at radius 1 is 1.15 bits per heavy atom. The monoisotopic (exact) mass is 461 g/mol. The third-order valence-corrected chi connectivity index (χ3v) is 5.36. The first-order valence-electron chi connectivity index (χ1n) is 10.7. The van der Waals surface area contributed by atoms with E-state index >= 15 is 0 Å². The fraction of sp³-hybridized carbons (Fsp3) is 0.208. The highest BCUT2D eigenvalue weighted by atomic mass is 19.1. The second-order valence-corrected chi connectivity index (χ2v) is 7.74. The molecule has 34 heavy (non-hydrogen) atoms. The van der Waals surface area contributed by atoms with E-state index in [1.54, 1.807) is 48.7 Å². The lowest BCUT2D eigenvalue weighted by molar-refractivity contribution is 0.0855. The molecule has 0 bridgehead atoms. The molecule has 2 aromatic heterocycles. The number of rotatable bonds is 8. The zero-order chi connectivity index (χ0) is 24.1. The Morgan fingerprint density at radius 2 is 1.97 bits per heavy atom. The van der Waals surface area contributed by atoms with Crippen molar-refractivity contribution in [1.82, 2.24) is 30.0 Å². The lowest BCUT2D eigenvalue weighted by atomic mass is 10.0. The molecule has 9 nitrogen and oxygen atoms in total. The molecule has 174 valence electrons. The Kier molecular flexibility index (Phi) is 6.88. The summed E-state index contributed by atoms with van der Waals surface area (Å²) in [7, 11) is 1.84. The largest absolute Gasteiger partial charge is 0.391 e. The van der Waals surface area contributed by atoms with Crippen molar-refractivity contribution < 1.29 is 14.3 Å². The summed E-state index contributed by atoms with van der Waals surface area (Å²) in [5.41, 5.74) is 1.95. The summed E-state index contributed by atoms with van der Waals surface area (Å²) in [5.74, 6) is 0.374. The maximum Gasteiger partial charge on any atom is 0.251 e. The highest BCUT2D eigenvalue weighted by Crippen LogP contribution is 2.22. The fourth-order valence-corrected chi connectivity index (χ4v) is 3.52. The molecule has 0 spiro atoms. The van der Waals surface area contributed by atoms with Gasteiger partial charge in [-0.1, -0.05) is 24.3 Å². The summed E-state index contributed by atoms with van der Waals surface area (Å²) < 4.78 is 16.1. The third-order valence-electron chi connectivity index (χ3n) is 5.36. The van der Waals surface area contributed by atoms with Gasteiger partial charge in [-0.25, -0.2) is 14.4 Å². The van der Waals surface area contributed by atoms with Crippen LogP contribution in [-0.4, -0.2) is 41.9 Å². The summed E-state index contributed by atoms with van der Waals surface area (Å²) >= 11 is 0. The van der Waals surface area contributed by atoms with Crippen molar-refractivity contribution in [2.24, 2.45) is 7.05 Å². The maximum atomic E-state index is 14.2. The van der Waals surface area contributed by atoms with Gasteiger partial charge in [-0.15, -0.1) is 10.2 Å². The molecule has 0 radical (unpaired) electrons. The lowest BCUT2D eigenvalue weighted by Crippen LogP contribution is -2.35. The molecule has 4 aromatic rings. The number of hydrogen-bond donors (Lipinski definition) is 3. The predicted molar refractivity (Wildman–Crippen MR) is 124 cm³/mol. The van der Waals surface area contributed by atoms with Gasteiger partial charge in [0.25, 0.3) is 5.91 Å². The highest BCUT2D eigenvalue weighted by molar-refractivity contribution is 5.95. The second kappa shape index (κ2) is 10.2. The van der Waals surface area contributed by atoms with Crippen LogP contribution in [0.3, 0.4) is 0 Å². The van der Waals surface area contributed by atoms with E-state index in [9.17, 15) is 14.3 Å². The van der Waals surface area contributed by atoms with Crippen LogP contribution in [-0.2, 0) is 13.6 Å². The molecule has 0 saturated heterocycles. The van der Waals surface area contributed by atoms with Crippen LogP contribution >= 0.6 is 0 Å². The molecule has 2 unspecified atom stereocenters. The SMILES string of the molecule is CC(O)C(NC(=O)c1cccc(NCc2nnc(-c3ccncn3)n2C)c1)c1ccccc1F. The van der Waals surface area contributed by atoms with Gasteiger partial charge in [-0.2, -0.15) is 0 Å². The van der Waals surface area contributed by atoms with Crippen LogP contribution in [0.1, 0.15) is 34.7 Å². The van der Waals surface area contributed by atoms with E-state index < -0.39 is 23.9 Å². The number of amides is 1. The molecule has 0 aliphatic rings. The number of nitrogens with one attached hydrogen (secondary N) is 2. The number of hydrogen-bond acceptors (Lipinski definition) is 7. The topological polar surface area (TPSA) is 118 Å². The van der Waals surface area contributed by atoms with E-state index in [1.165, 1.54) is 19.3 Å². The van der Waals surface area contributed by atoms with Gasteiger partial charge in [0.1, 0.15) is 17.8 Å². The number of aliphatic hydroxyl groups excluding tert-OH is 1. The summed E-state index contributed by atoms with van der Waals surface area (Å²) in [6, 6.07) is 13.8. The van der Waals surface area contributed by atoms with Crippen LogP contribution in [0.4, 0.5) is 10.1 Å². The quantitative estimate of drug-likeness (QED) is 0.369. The van der Waals surface area contributed by atoms with Crippen molar-refractivity contribution in [2.45, 2.75) is 25.6 Å². The number of nitrogens with zero attached hydrogens (tertiary/aromatic N) is 5. The van der Waals surface area contributed by atoms with E-state index in [0.29, 0.717) is 35.1 Å². The fourth-order valence-electron chi connectivity index (χ4n) is 3.52. The minimum atomic E-state index is -0.984. The van der Waals surface area contributed by atoms with E-state index in [2.05, 4.69) is 30.8 Å². The summed E-state index contributed by atoms with van der Waals surface area (Å²) in [6.07, 6.45) is 2.11. The number of halogens is 1. The third kappa shape index (κ3) is 5.07. The van der Waals surface area contributed by atoms with Crippen LogP contribution < -0.4 is 10.6 Å². The molecule has 2 atom stereocenters. The van der Waals surface area contributed by atoms with Gasteiger partial charge in [-0.05, 0) is 37.3 Å². The molecule has 3 N–H and O–H groups in total. The molecular weight excluding hydrogens is 437 g/mol. The molecule has 10 heteroatoms. The average Bonchev–Trinajstić information content (AvgIpc) is 3.22. The van der Waals surface area contributed by atoms with Crippen molar-refractivity contribution in [3.05, 3.63) is 89.9 Å². The van der Waals surface area contributed by atoms with E-state index in [0.717, 1.165) is 0 Å². The van der Waals surface area contributed by atoms with Crippen LogP contribution in [0.15, 0.2) is 67.1 Å². The number of carbonyl (C=O) groups excluding carboxylic acids is 1. The number of carbonyl (C=O) groups is 1. The van der Waals surface area contributed by atoms with Crippen LogP contribution in [0.25, 0.3) is 11.5 Å². The van der Waals surface area contributed by atoms with Crippen molar-refractivity contribution in [3.63, 3.8) is 0 Å². The van der Waals surface area contributed by atoms with Gasteiger partial charge in [0.05, 0.1) is 18.7 Å². The second-order valence-electron chi connectivity index (χ2n) is 7.74. The number of aromatic nitrogens is 5.